The molecule has 0 bridgehead atoms. The molecule has 0 fully saturated rings. The summed E-state index contributed by atoms with van der Waals surface area (Å²) in [7, 11) is 1.64. The lowest BCUT2D eigenvalue weighted by molar-refractivity contribution is 0.274. The molecule has 102 valence electrons. The van der Waals surface area contributed by atoms with E-state index in [4.69, 9.17) is 10.5 Å². The zero-order chi connectivity index (χ0) is 13.7. The van der Waals surface area contributed by atoms with Gasteiger partial charge >= 0.3 is 0 Å². The molecular weight excluding hydrogens is 256 g/mol. The van der Waals surface area contributed by atoms with Gasteiger partial charge < -0.3 is 10.5 Å². The minimum atomic E-state index is 0.701. The Morgan fingerprint density at radius 1 is 1.26 bits per heavy atom. The van der Waals surface area contributed by atoms with Gasteiger partial charge in [0.15, 0.2) is 0 Å². The Hall–Kier alpha value is -1.52. The first-order valence-electron chi connectivity index (χ1n) is 6.40. The smallest absolute Gasteiger partial charge is 0.141 e. The van der Waals surface area contributed by atoms with Crippen molar-refractivity contribution in [1.82, 2.24) is 4.90 Å². The average Bonchev–Trinajstić information content (AvgIpc) is 2.91. The number of nitrogens with two attached hydrogens (primary N) is 1. The van der Waals surface area contributed by atoms with Crippen molar-refractivity contribution in [3.63, 3.8) is 0 Å². The molecule has 2 N–H and O–H groups in total. The molecule has 0 unspecified atom stereocenters. The molecule has 2 rings (SSSR count). The average molecular weight is 276 g/mol. The monoisotopic (exact) mass is 276 g/mol. The standard InChI is InChI=1S/C15H20N2OS/c1-3-17(11-13-5-4-8-19-13)10-12-6-7-15(18-2)14(16)9-12/h4-9H,3,10-11,16H2,1-2H3. The molecule has 0 aliphatic carbocycles. The Morgan fingerprint density at radius 3 is 2.68 bits per heavy atom. The summed E-state index contributed by atoms with van der Waals surface area (Å²) in [4.78, 5) is 3.79. The normalized spacial score (nSPS) is 10.9. The summed E-state index contributed by atoms with van der Waals surface area (Å²) < 4.78 is 5.18. The van der Waals surface area contributed by atoms with Crippen LogP contribution in [0.15, 0.2) is 35.7 Å². The van der Waals surface area contributed by atoms with Gasteiger partial charge in [-0.1, -0.05) is 19.1 Å². The zero-order valence-corrected chi connectivity index (χ0v) is 12.2. The van der Waals surface area contributed by atoms with Gasteiger partial charge in [-0.05, 0) is 35.7 Å². The Kier molecular flexibility index (Phi) is 4.82. The molecule has 1 aromatic carbocycles. The number of nitrogens with zero attached hydrogens (tertiary/aromatic N) is 1. The molecule has 1 aromatic heterocycles. The fourth-order valence-corrected chi connectivity index (χ4v) is 2.79. The fraction of sp³-hybridized carbons (Fsp3) is 0.333. The van der Waals surface area contributed by atoms with Crippen LogP contribution in [0, 0.1) is 0 Å². The lowest BCUT2D eigenvalue weighted by atomic mass is 10.1. The Morgan fingerprint density at radius 2 is 2.11 bits per heavy atom. The van der Waals surface area contributed by atoms with E-state index in [-0.39, 0.29) is 0 Å². The molecule has 2 aromatic rings. The minimum Gasteiger partial charge on any atom is -0.495 e. The van der Waals surface area contributed by atoms with Crippen molar-refractivity contribution in [2.24, 2.45) is 0 Å². The summed E-state index contributed by atoms with van der Waals surface area (Å²) in [5.41, 5.74) is 7.86. The van der Waals surface area contributed by atoms with Crippen molar-refractivity contribution in [2.75, 3.05) is 19.4 Å². The van der Waals surface area contributed by atoms with E-state index in [9.17, 15) is 0 Å². The van der Waals surface area contributed by atoms with Crippen LogP contribution < -0.4 is 10.5 Å². The Balaban J connectivity index is 2.03. The lowest BCUT2D eigenvalue weighted by Crippen LogP contribution is -2.21. The number of methoxy groups -OCH3 is 1. The van der Waals surface area contributed by atoms with Crippen molar-refractivity contribution < 1.29 is 4.74 Å². The molecule has 0 radical (unpaired) electrons. The maximum atomic E-state index is 5.94. The van der Waals surface area contributed by atoms with Gasteiger partial charge in [-0.2, -0.15) is 0 Å². The van der Waals surface area contributed by atoms with E-state index >= 15 is 0 Å². The van der Waals surface area contributed by atoms with Crippen LogP contribution in [0.1, 0.15) is 17.4 Å². The van der Waals surface area contributed by atoms with E-state index in [0.717, 1.165) is 25.4 Å². The molecular formula is C15H20N2OS. The number of hydrogen-bond donors (Lipinski definition) is 1. The molecule has 0 aliphatic rings. The van der Waals surface area contributed by atoms with E-state index in [1.165, 1.54) is 10.4 Å². The molecule has 3 nitrogen and oxygen atoms in total. The molecule has 0 aliphatic heterocycles. The van der Waals surface area contributed by atoms with Crippen LogP contribution in [-0.4, -0.2) is 18.6 Å². The van der Waals surface area contributed by atoms with Gasteiger partial charge in [-0.25, -0.2) is 0 Å². The van der Waals surface area contributed by atoms with Crippen molar-refractivity contribution in [3.8, 4) is 5.75 Å². The third kappa shape index (κ3) is 3.72. The molecule has 0 amide bonds. The van der Waals surface area contributed by atoms with Crippen LogP contribution in [0.3, 0.4) is 0 Å². The van der Waals surface area contributed by atoms with Gasteiger partial charge in [-0.15, -0.1) is 11.3 Å². The minimum absolute atomic E-state index is 0.701. The van der Waals surface area contributed by atoms with Gasteiger partial charge in [0.25, 0.3) is 0 Å². The van der Waals surface area contributed by atoms with Crippen molar-refractivity contribution in [2.45, 2.75) is 20.0 Å². The first-order chi connectivity index (χ1) is 9.22. The summed E-state index contributed by atoms with van der Waals surface area (Å²) in [6, 6.07) is 10.3. The quantitative estimate of drug-likeness (QED) is 0.822. The van der Waals surface area contributed by atoms with Gasteiger partial charge in [0.1, 0.15) is 5.75 Å². The highest BCUT2D eigenvalue weighted by atomic mass is 32.1. The van der Waals surface area contributed by atoms with Gasteiger partial charge in [0, 0.05) is 18.0 Å². The van der Waals surface area contributed by atoms with Crippen LogP contribution in [-0.2, 0) is 13.1 Å². The maximum absolute atomic E-state index is 5.94. The van der Waals surface area contributed by atoms with E-state index in [1.54, 1.807) is 18.4 Å². The largest absolute Gasteiger partial charge is 0.495 e. The van der Waals surface area contributed by atoms with Crippen LogP contribution >= 0.6 is 11.3 Å². The first kappa shape index (κ1) is 13.9. The third-order valence-electron chi connectivity index (χ3n) is 3.11. The van der Waals surface area contributed by atoms with Crippen LogP contribution in [0.25, 0.3) is 0 Å². The van der Waals surface area contributed by atoms with E-state index < -0.39 is 0 Å². The van der Waals surface area contributed by atoms with Crippen molar-refractivity contribution >= 4 is 17.0 Å². The highest BCUT2D eigenvalue weighted by Gasteiger charge is 2.07. The fourth-order valence-electron chi connectivity index (χ4n) is 2.04. The molecule has 0 atom stereocenters. The highest BCUT2D eigenvalue weighted by molar-refractivity contribution is 7.09. The van der Waals surface area contributed by atoms with Gasteiger partial charge in [0.2, 0.25) is 0 Å². The Labute approximate surface area is 118 Å². The second-order valence-corrected chi connectivity index (χ2v) is 5.49. The van der Waals surface area contributed by atoms with Crippen molar-refractivity contribution in [1.29, 1.82) is 0 Å². The van der Waals surface area contributed by atoms with Crippen molar-refractivity contribution in [3.05, 3.63) is 46.2 Å². The molecule has 0 spiro atoms. The summed E-state index contributed by atoms with van der Waals surface area (Å²) >= 11 is 1.80. The topological polar surface area (TPSA) is 38.5 Å². The molecule has 0 saturated carbocycles. The molecule has 4 heteroatoms. The van der Waals surface area contributed by atoms with E-state index in [2.05, 4.69) is 35.4 Å². The summed E-state index contributed by atoms with van der Waals surface area (Å²) in [5, 5.41) is 2.12. The molecule has 0 saturated heterocycles. The van der Waals surface area contributed by atoms with Gasteiger partial charge in [0.05, 0.1) is 12.8 Å². The van der Waals surface area contributed by atoms with Crippen LogP contribution in [0.2, 0.25) is 0 Å². The summed E-state index contributed by atoms with van der Waals surface area (Å²) in [6.07, 6.45) is 0. The number of ether oxygens (including phenoxy) is 1. The lowest BCUT2D eigenvalue weighted by Gasteiger charge is -2.20. The number of rotatable bonds is 6. The molecule has 1 heterocycles. The predicted molar refractivity (Wildman–Crippen MR) is 81.5 cm³/mol. The van der Waals surface area contributed by atoms with Gasteiger partial charge in [-0.3, -0.25) is 4.90 Å². The predicted octanol–water partition coefficient (Wildman–Crippen LogP) is 3.36. The second kappa shape index (κ2) is 6.59. The number of hydrogen-bond acceptors (Lipinski definition) is 4. The number of anilines is 1. The van der Waals surface area contributed by atoms with E-state index in [1.807, 2.05) is 12.1 Å². The maximum Gasteiger partial charge on any atom is 0.141 e. The first-order valence-corrected chi connectivity index (χ1v) is 7.28. The number of nitrogen functional groups attached to an aromatic ring is 1. The summed E-state index contributed by atoms with van der Waals surface area (Å²) in [6.45, 7) is 5.09. The third-order valence-corrected chi connectivity index (χ3v) is 3.97. The highest BCUT2D eigenvalue weighted by Crippen LogP contribution is 2.23. The second-order valence-electron chi connectivity index (χ2n) is 4.46. The summed E-state index contributed by atoms with van der Waals surface area (Å²) in [5.74, 6) is 0.741. The number of benzene rings is 1. The van der Waals surface area contributed by atoms with Crippen LogP contribution in [0.5, 0.6) is 5.75 Å². The number of thiophene rings is 1. The zero-order valence-electron chi connectivity index (χ0n) is 11.4. The SMILES string of the molecule is CCN(Cc1ccc(OC)c(N)c1)Cc1cccs1. The van der Waals surface area contributed by atoms with Crippen LogP contribution in [0.4, 0.5) is 5.69 Å². The van der Waals surface area contributed by atoms with E-state index in [0.29, 0.717) is 5.69 Å². The Bertz CT molecular complexity index is 511. The molecule has 19 heavy (non-hydrogen) atoms.